The lowest BCUT2D eigenvalue weighted by molar-refractivity contribution is -0.131. The van der Waals surface area contributed by atoms with Gasteiger partial charge in [-0.2, -0.15) is 0 Å². The molecule has 3 heterocycles. The van der Waals surface area contributed by atoms with Gasteiger partial charge in [-0.15, -0.1) is 11.3 Å². The molecule has 0 bridgehead atoms. The molecule has 0 saturated carbocycles. The highest BCUT2D eigenvalue weighted by Crippen LogP contribution is 2.25. The maximum atomic E-state index is 12.3. The van der Waals surface area contributed by atoms with Gasteiger partial charge in [-0.3, -0.25) is 4.79 Å². The van der Waals surface area contributed by atoms with Crippen LogP contribution in [0.4, 0.5) is 0 Å². The van der Waals surface area contributed by atoms with E-state index in [1.165, 1.54) is 0 Å². The van der Waals surface area contributed by atoms with E-state index in [-0.39, 0.29) is 5.91 Å². The molecule has 1 fully saturated rings. The quantitative estimate of drug-likeness (QED) is 0.944. The Morgan fingerprint density at radius 2 is 2.50 bits per heavy atom. The number of rotatable bonds is 3. The lowest BCUT2D eigenvalue weighted by Crippen LogP contribution is -2.40. The van der Waals surface area contributed by atoms with E-state index in [2.05, 4.69) is 9.97 Å². The maximum absolute atomic E-state index is 12.3. The van der Waals surface area contributed by atoms with Gasteiger partial charge in [0.25, 0.3) is 0 Å². The number of nitrogens with one attached hydrogen (secondary N) is 1. The summed E-state index contributed by atoms with van der Waals surface area (Å²) < 4.78 is 0. The molecule has 0 aliphatic carbocycles. The fraction of sp³-hybridized carbons (Fsp3) is 0.467. The molecule has 3 rings (SSSR count). The van der Waals surface area contributed by atoms with Gasteiger partial charge < -0.3 is 9.88 Å². The zero-order valence-corrected chi connectivity index (χ0v) is 12.4. The van der Waals surface area contributed by atoms with Crippen molar-refractivity contribution < 1.29 is 4.79 Å². The van der Waals surface area contributed by atoms with Crippen LogP contribution < -0.4 is 0 Å². The number of aromatic amines is 1. The van der Waals surface area contributed by atoms with Gasteiger partial charge in [-0.1, -0.05) is 6.07 Å². The molecule has 1 N–H and O–H groups in total. The third-order valence-corrected chi connectivity index (χ3v) is 4.67. The normalized spacial score (nSPS) is 19.2. The zero-order chi connectivity index (χ0) is 13.9. The van der Waals surface area contributed by atoms with Crippen molar-refractivity contribution in [1.82, 2.24) is 14.9 Å². The van der Waals surface area contributed by atoms with Gasteiger partial charge in [-0.05, 0) is 31.2 Å². The minimum Gasteiger partial charge on any atom is -0.346 e. The number of aryl methyl sites for hydroxylation is 1. The molecule has 20 heavy (non-hydrogen) atoms. The molecule has 1 saturated heterocycles. The summed E-state index contributed by atoms with van der Waals surface area (Å²) in [4.78, 5) is 23.2. The topological polar surface area (TPSA) is 49.0 Å². The number of imidazole rings is 1. The predicted octanol–water partition coefficient (Wildman–Crippen LogP) is 2.73. The molecule has 0 spiro atoms. The highest BCUT2D eigenvalue weighted by molar-refractivity contribution is 7.10. The van der Waals surface area contributed by atoms with E-state index < -0.39 is 0 Å². The number of hydrogen-bond acceptors (Lipinski definition) is 3. The van der Waals surface area contributed by atoms with Crippen LogP contribution in [0.2, 0.25) is 0 Å². The first-order valence-corrected chi connectivity index (χ1v) is 7.92. The molecule has 1 atom stereocenters. The molecular formula is C15H19N3OS. The Hall–Kier alpha value is -1.62. The second kappa shape index (κ2) is 5.79. The molecule has 106 valence electrons. The first-order valence-electron chi connectivity index (χ1n) is 7.04. The molecule has 1 aliphatic rings. The SMILES string of the molecule is Cc1cnc([C@H]2CCCN(C(=O)Cc3cccs3)C2)[nH]1. The Morgan fingerprint density at radius 3 is 3.20 bits per heavy atom. The van der Waals surface area contributed by atoms with Gasteiger partial charge in [0.2, 0.25) is 5.91 Å². The number of thiophene rings is 1. The third kappa shape index (κ3) is 2.93. The molecule has 1 aliphatic heterocycles. The van der Waals surface area contributed by atoms with E-state index in [0.29, 0.717) is 12.3 Å². The summed E-state index contributed by atoms with van der Waals surface area (Å²) in [6.45, 7) is 3.68. The van der Waals surface area contributed by atoms with Gasteiger partial charge in [0.1, 0.15) is 5.82 Å². The minimum absolute atomic E-state index is 0.237. The van der Waals surface area contributed by atoms with E-state index in [0.717, 1.165) is 42.3 Å². The summed E-state index contributed by atoms with van der Waals surface area (Å²) in [6, 6.07) is 4.03. The molecule has 2 aromatic rings. The van der Waals surface area contributed by atoms with Crippen molar-refractivity contribution in [1.29, 1.82) is 0 Å². The number of piperidine rings is 1. The molecule has 0 unspecified atom stereocenters. The molecule has 0 aromatic carbocycles. The highest BCUT2D eigenvalue weighted by atomic mass is 32.1. The number of carbonyl (C=O) groups excluding carboxylic acids is 1. The van der Waals surface area contributed by atoms with Crippen LogP contribution in [-0.2, 0) is 11.2 Å². The van der Waals surface area contributed by atoms with Crippen molar-refractivity contribution in [2.75, 3.05) is 13.1 Å². The van der Waals surface area contributed by atoms with Crippen molar-refractivity contribution in [3.8, 4) is 0 Å². The monoisotopic (exact) mass is 289 g/mol. The van der Waals surface area contributed by atoms with Crippen LogP contribution in [-0.4, -0.2) is 33.9 Å². The van der Waals surface area contributed by atoms with E-state index in [9.17, 15) is 4.79 Å². The largest absolute Gasteiger partial charge is 0.346 e. The van der Waals surface area contributed by atoms with Gasteiger partial charge in [0, 0.05) is 35.8 Å². The number of likely N-dealkylation sites (tertiary alicyclic amines) is 1. The van der Waals surface area contributed by atoms with Crippen LogP contribution in [0.25, 0.3) is 0 Å². The molecule has 4 nitrogen and oxygen atoms in total. The second-order valence-electron chi connectivity index (χ2n) is 5.39. The van der Waals surface area contributed by atoms with E-state index in [1.54, 1.807) is 11.3 Å². The molecule has 5 heteroatoms. The fourth-order valence-electron chi connectivity index (χ4n) is 2.74. The van der Waals surface area contributed by atoms with Gasteiger partial charge in [0.15, 0.2) is 0 Å². The van der Waals surface area contributed by atoms with E-state index >= 15 is 0 Å². The van der Waals surface area contributed by atoms with Crippen molar-refractivity contribution >= 4 is 17.2 Å². The van der Waals surface area contributed by atoms with Crippen molar-refractivity contribution in [3.63, 3.8) is 0 Å². The Morgan fingerprint density at radius 1 is 1.60 bits per heavy atom. The first-order chi connectivity index (χ1) is 9.72. The Labute approximate surface area is 122 Å². The summed E-state index contributed by atoms with van der Waals surface area (Å²) in [7, 11) is 0. The highest BCUT2D eigenvalue weighted by Gasteiger charge is 2.26. The van der Waals surface area contributed by atoms with Gasteiger partial charge >= 0.3 is 0 Å². The summed E-state index contributed by atoms with van der Waals surface area (Å²) in [5.74, 6) is 1.61. The summed E-state index contributed by atoms with van der Waals surface area (Å²) in [6.07, 6.45) is 4.56. The van der Waals surface area contributed by atoms with Crippen LogP contribution in [0.1, 0.15) is 35.2 Å². The number of H-pyrrole nitrogens is 1. The minimum atomic E-state index is 0.237. The Kier molecular flexibility index (Phi) is 3.87. The molecule has 1 amide bonds. The molecule has 0 radical (unpaired) electrons. The lowest BCUT2D eigenvalue weighted by Gasteiger charge is -2.31. The predicted molar refractivity (Wildman–Crippen MR) is 79.9 cm³/mol. The number of aromatic nitrogens is 2. The molecule has 2 aromatic heterocycles. The number of amides is 1. The number of hydrogen-bond donors (Lipinski definition) is 1. The average Bonchev–Trinajstić information content (AvgIpc) is 3.10. The van der Waals surface area contributed by atoms with Gasteiger partial charge in [0.05, 0.1) is 6.42 Å². The number of carbonyl (C=O) groups is 1. The van der Waals surface area contributed by atoms with Crippen LogP contribution in [0.3, 0.4) is 0 Å². The van der Waals surface area contributed by atoms with Crippen LogP contribution in [0.5, 0.6) is 0 Å². The summed E-state index contributed by atoms with van der Waals surface area (Å²) in [5.41, 5.74) is 1.09. The fourth-order valence-corrected chi connectivity index (χ4v) is 3.44. The third-order valence-electron chi connectivity index (χ3n) is 3.79. The zero-order valence-electron chi connectivity index (χ0n) is 11.6. The summed E-state index contributed by atoms with van der Waals surface area (Å²) >= 11 is 1.65. The maximum Gasteiger partial charge on any atom is 0.227 e. The van der Waals surface area contributed by atoms with Gasteiger partial charge in [-0.25, -0.2) is 4.98 Å². The van der Waals surface area contributed by atoms with Crippen LogP contribution >= 0.6 is 11.3 Å². The first kappa shape index (κ1) is 13.4. The van der Waals surface area contributed by atoms with E-state index in [1.807, 2.05) is 35.5 Å². The second-order valence-corrected chi connectivity index (χ2v) is 6.42. The smallest absolute Gasteiger partial charge is 0.227 e. The van der Waals surface area contributed by atoms with Crippen molar-refractivity contribution in [2.45, 2.75) is 32.1 Å². The average molecular weight is 289 g/mol. The van der Waals surface area contributed by atoms with Crippen molar-refractivity contribution in [2.24, 2.45) is 0 Å². The Balaban J connectivity index is 1.64. The standard InChI is InChI=1S/C15H19N3OS/c1-11-9-16-15(17-11)12-4-2-6-18(10-12)14(19)8-13-5-3-7-20-13/h3,5,7,9,12H,2,4,6,8,10H2,1H3,(H,16,17)/t12-/m0/s1. The van der Waals surface area contributed by atoms with E-state index in [4.69, 9.17) is 0 Å². The summed E-state index contributed by atoms with van der Waals surface area (Å²) in [5, 5.41) is 2.02. The number of nitrogens with zero attached hydrogens (tertiary/aromatic N) is 2. The Bertz CT molecular complexity index is 576. The molecular weight excluding hydrogens is 270 g/mol. The van der Waals surface area contributed by atoms with Crippen molar-refractivity contribution in [3.05, 3.63) is 40.1 Å². The van der Waals surface area contributed by atoms with Crippen LogP contribution in [0, 0.1) is 6.92 Å². The lowest BCUT2D eigenvalue weighted by atomic mass is 9.97. The van der Waals surface area contributed by atoms with Crippen LogP contribution in [0.15, 0.2) is 23.7 Å².